The molecule has 0 radical (unpaired) electrons. The Bertz CT molecular complexity index is 806. The van der Waals surface area contributed by atoms with Crippen molar-refractivity contribution in [2.45, 2.75) is 41.0 Å². The first kappa shape index (κ1) is 23.3. The van der Waals surface area contributed by atoms with Gasteiger partial charge in [-0.25, -0.2) is 9.37 Å². The minimum Gasteiger partial charge on any atom is -0.497 e. The number of Topliss-reactive ketones (excluding diaryl/α,β-unsaturated/α-hetero) is 1. The number of halogens is 1. The summed E-state index contributed by atoms with van der Waals surface area (Å²) in [7, 11) is 1.59. The van der Waals surface area contributed by atoms with Crippen LogP contribution in [-0.4, -0.2) is 30.3 Å². The molecule has 1 aromatic heterocycles. The number of carbonyl (C=O) groups excluding carboxylic acids is 2. The van der Waals surface area contributed by atoms with Crippen molar-refractivity contribution in [3.8, 4) is 5.75 Å². The molecular weight excluding hydrogens is 359 g/mol. The van der Waals surface area contributed by atoms with Gasteiger partial charge in [-0.05, 0) is 36.6 Å². The molecule has 0 aliphatic carbocycles. The number of hydrogen-bond donors (Lipinski definition) is 0. The predicted octanol–water partition coefficient (Wildman–Crippen LogP) is 4.83. The minimum absolute atomic E-state index is 0.117. The van der Waals surface area contributed by atoms with Crippen molar-refractivity contribution in [1.29, 1.82) is 0 Å². The number of anilines is 1. The lowest BCUT2D eigenvalue weighted by atomic mass is 10.1. The molecule has 2 aromatic rings. The molecule has 1 heterocycles. The summed E-state index contributed by atoms with van der Waals surface area (Å²) in [6.07, 6.45) is 2.10. The van der Waals surface area contributed by atoms with Crippen LogP contribution in [0.15, 0.2) is 36.5 Å². The number of ketones is 1. The molecule has 152 valence electrons. The number of carbonyl (C=O) groups is 2. The number of amides is 1. The zero-order chi connectivity index (χ0) is 21.3. The van der Waals surface area contributed by atoms with E-state index in [2.05, 4.69) is 4.98 Å². The molecule has 0 aliphatic rings. The Morgan fingerprint density at radius 3 is 2.43 bits per heavy atom. The van der Waals surface area contributed by atoms with Crippen molar-refractivity contribution in [2.24, 2.45) is 5.92 Å². The topological polar surface area (TPSA) is 59.5 Å². The molecular formula is C22H29FN2O3. The fourth-order valence-corrected chi connectivity index (χ4v) is 2.45. The molecule has 6 heteroatoms. The molecule has 0 saturated carbocycles. The maximum Gasteiger partial charge on any atom is 0.225 e. The highest BCUT2D eigenvalue weighted by atomic mass is 19.1. The van der Waals surface area contributed by atoms with Gasteiger partial charge in [0.05, 0.1) is 7.11 Å². The lowest BCUT2D eigenvalue weighted by Crippen LogP contribution is -2.33. The maximum absolute atomic E-state index is 13.7. The fraction of sp³-hybridized carbons (Fsp3) is 0.409. The first-order valence-corrected chi connectivity index (χ1v) is 9.27. The molecule has 2 rings (SSSR count). The standard InChI is InChI=1S/C12H17FN2O.C10H12O2/c1-8(2)7-15(10(4)16)12-11(13)5-9(3)6-14-12;1-3-10(11)8-5-4-6-9(7-8)12-2/h5-6,8H,7H2,1-4H3;4-7H,3H2,1-2H3. The van der Waals surface area contributed by atoms with Gasteiger partial charge in [0, 0.05) is 31.6 Å². The summed E-state index contributed by atoms with van der Waals surface area (Å²) in [6.45, 7) is 9.46. The van der Waals surface area contributed by atoms with E-state index in [9.17, 15) is 14.0 Å². The van der Waals surface area contributed by atoms with Crippen LogP contribution in [0.5, 0.6) is 5.75 Å². The highest BCUT2D eigenvalue weighted by molar-refractivity contribution is 5.96. The summed E-state index contributed by atoms with van der Waals surface area (Å²) < 4.78 is 18.7. The van der Waals surface area contributed by atoms with Crippen molar-refractivity contribution in [3.63, 3.8) is 0 Å². The average molecular weight is 388 g/mol. The van der Waals surface area contributed by atoms with Crippen LogP contribution >= 0.6 is 0 Å². The number of aromatic nitrogens is 1. The number of hydrogen-bond acceptors (Lipinski definition) is 4. The quantitative estimate of drug-likeness (QED) is 0.665. The molecule has 1 amide bonds. The van der Waals surface area contributed by atoms with Gasteiger partial charge in [0.1, 0.15) is 5.75 Å². The second-order valence-corrected chi connectivity index (χ2v) is 6.85. The Hall–Kier alpha value is -2.76. The Balaban J connectivity index is 0.000000292. The monoisotopic (exact) mass is 388 g/mol. The molecule has 28 heavy (non-hydrogen) atoms. The first-order valence-electron chi connectivity index (χ1n) is 9.27. The van der Waals surface area contributed by atoms with Gasteiger partial charge in [-0.2, -0.15) is 0 Å². The number of ether oxygens (including phenoxy) is 1. The van der Waals surface area contributed by atoms with Crippen molar-refractivity contribution >= 4 is 17.5 Å². The van der Waals surface area contributed by atoms with Crippen LogP contribution in [0.2, 0.25) is 0 Å². The highest BCUT2D eigenvalue weighted by Crippen LogP contribution is 2.18. The highest BCUT2D eigenvalue weighted by Gasteiger charge is 2.18. The average Bonchev–Trinajstić information content (AvgIpc) is 2.66. The molecule has 5 nitrogen and oxygen atoms in total. The third-order valence-corrected chi connectivity index (χ3v) is 3.85. The van der Waals surface area contributed by atoms with Crippen molar-refractivity contribution < 1.29 is 18.7 Å². The Labute approximate surface area is 166 Å². The van der Waals surface area contributed by atoms with Gasteiger partial charge in [-0.15, -0.1) is 0 Å². The van der Waals surface area contributed by atoms with E-state index in [1.54, 1.807) is 32.4 Å². The SMILES string of the molecule is CC(=O)N(CC(C)C)c1ncc(C)cc1F.CCC(=O)c1cccc(OC)c1. The molecule has 0 atom stereocenters. The zero-order valence-electron chi connectivity index (χ0n) is 17.5. The molecule has 1 aromatic carbocycles. The van der Waals surface area contributed by atoms with E-state index in [0.29, 0.717) is 13.0 Å². The van der Waals surface area contributed by atoms with Crippen LogP contribution in [0.3, 0.4) is 0 Å². The van der Waals surface area contributed by atoms with Crippen molar-refractivity contribution in [2.75, 3.05) is 18.6 Å². The van der Waals surface area contributed by atoms with Gasteiger partial charge in [-0.3, -0.25) is 14.5 Å². The fourth-order valence-electron chi connectivity index (χ4n) is 2.45. The second kappa shape index (κ2) is 11.2. The van der Waals surface area contributed by atoms with Crippen LogP contribution < -0.4 is 9.64 Å². The van der Waals surface area contributed by atoms with E-state index in [1.165, 1.54) is 17.9 Å². The third kappa shape index (κ3) is 7.10. The summed E-state index contributed by atoms with van der Waals surface area (Å²) in [6, 6.07) is 8.59. The summed E-state index contributed by atoms with van der Waals surface area (Å²) >= 11 is 0. The van der Waals surface area contributed by atoms with E-state index < -0.39 is 5.82 Å². The number of pyridine rings is 1. The van der Waals surface area contributed by atoms with Gasteiger partial charge < -0.3 is 4.74 Å². The number of nitrogens with zero attached hydrogens (tertiary/aromatic N) is 2. The summed E-state index contributed by atoms with van der Waals surface area (Å²) in [5.74, 6) is 0.626. The Morgan fingerprint density at radius 2 is 1.93 bits per heavy atom. The van der Waals surface area contributed by atoms with Gasteiger partial charge in [0.15, 0.2) is 17.4 Å². The van der Waals surface area contributed by atoms with Crippen LogP contribution in [0.1, 0.15) is 50.0 Å². The molecule has 0 aliphatic heterocycles. The van der Waals surface area contributed by atoms with E-state index in [0.717, 1.165) is 16.9 Å². The number of rotatable bonds is 6. The largest absolute Gasteiger partial charge is 0.497 e. The molecule has 0 fully saturated rings. The Morgan fingerprint density at radius 1 is 1.25 bits per heavy atom. The molecule has 0 N–H and O–H groups in total. The van der Waals surface area contributed by atoms with Gasteiger partial charge in [-0.1, -0.05) is 32.9 Å². The maximum atomic E-state index is 13.7. The normalized spacial score (nSPS) is 10.1. The van der Waals surface area contributed by atoms with Crippen molar-refractivity contribution in [1.82, 2.24) is 4.98 Å². The molecule has 0 unspecified atom stereocenters. The molecule has 0 spiro atoms. The second-order valence-electron chi connectivity index (χ2n) is 6.85. The van der Waals surface area contributed by atoms with E-state index in [4.69, 9.17) is 4.74 Å². The van der Waals surface area contributed by atoms with Gasteiger partial charge >= 0.3 is 0 Å². The minimum atomic E-state index is -0.448. The number of methoxy groups -OCH3 is 1. The lowest BCUT2D eigenvalue weighted by Gasteiger charge is -2.22. The summed E-state index contributed by atoms with van der Waals surface area (Å²) in [4.78, 5) is 28.0. The molecule has 0 saturated heterocycles. The smallest absolute Gasteiger partial charge is 0.225 e. The Kier molecular flexibility index (Phi) is 9.28. The summed E-state index contributed by atoms with van der Waals surface area (Å²) in [5.41, 5.74) is 1.46. The van der Waals surface area contributed by atoms with Crippen LogP contribution in [0.4, 0.5) is 10.2 Å². The molecule has 0 bridgehead atoms. The number of benzene rings is 1. The van der Waals surface area contributed by atoms with Crippen LogP contribution in [0.25, 0.3) is 0 Å². The third-order valence-electron chi connectivity index (χ3n) is 3.85. The lowest BCUT2D eigenvalue weighted by molar-refractivity contribution is -0.116. The van der Waals surface area contributed by atoms with E-state index in [1.807, 2.05) is 32.9 Å². The van der Waals surface area contributed by atoms with E-state index >= 15 is 0 Å². The van der Waals surface area contributed by atoms with Crippen LogP contribution in [0, 0.1) is 18.7 Å². The number of aryl methyl sites for hydroxylation is 1. The zero-order valence-corrected chi connectivity index (χ0v) is 17.5. The van der Waals surface area contributed by atoms with Crippen LogP contribution in [-0.2, 0) is 4.79 Å². The first-order chi connectivity index (χ1) is 13.2. The van der Waals surface area contributed by atoms with Crippen molar-refractivity contribution in [3.05, 3.63) is 53.5 Å². The van der Waals surface area contributed by atoms with Gasteiger partial charge in [0.2, 0.25) is 5.91 Å². The van der Waals surface area contributed by atoms with Gasteiger partial charge in [0.25, 0.3) is 0 Å². The summed E-state index contributed by atoms with van der Waals surface area (Å²) in [5, 5.41) is 0. The predicted molar refractivity (Wildman–Crippen MR) is 109 cm³/mol. The van der Waals surface area contributed by atoms with E-state index in [-0.39, 0.29) is 23.4 Å².